The Hall–Kier alpha value is -0.940. The van der Waals surface area contributed by atoms with Crippen molar-refractivity contribution in [2.45, 2.75) is 91.4 Å². The summed E-state index contributed by atoms with van der Waals surface area (Å²) in [6, 6.07) is 0. The van der Waals surface area contributed by atoms with Gasteiger partial charge in [0.05, 0.1) is 0 Å². The summed E-state index contributed by atoms with van der Waals surface area (Å²) in [7, 11) is 0. The zero-order valence-electron chi connectivity index (χ0n) is 19.1. The van der Waals surface area contributed by atoms with E-state index >= 15 is 0 Å². The highest BCUT2D eigenvalue weighted by Gasteiger charge is 2.23. The maximum Gasteiger partial charge on any atom is 0.217 e. The smallest absolute Gasteiger partial charge is 0.217 e. The van der Waals surface area contributed by atoms with Crippen LogP contribution in [0.4, 0.5) is 0 Å². The first-order chi connectivity index (χ1) is 13.9. The Morgan fingerprint density at radius 2 is 1.45 bits per heavy atom. The molecule has 170 valence electrons. The van der Waals surface area contributed by atoms with Crippen LogP contribution < -0.4 is 5.73 Å². The molecule has 5 nitrogen and oxygen atoms in total. The van der Waals surface area contributed by atoms with Crippen molar-refractivity contribution in [2.24, 2.45) is 29.4 Å². The van der Waals surface area contributed by atoms with Gasteiger partial charge in [0.25, 0.3) is 0 Å². The van der Waals surface area contributed by atoms with Crippen LogP contribution in [0, 0.1) is 23.7 Å². The molecular weight excluding hydrogens is 366 g/mol. The van der Waals surface area contributed by atoms with E-state index in [1.807, 2.05) is 20.8 Å². The lowest BCUT2D eigenvalue weighted by atomic mass is 9.83. The first-order valence-corrected chi connectivity index (χ1v) is 11.9. The molecule has 0 heterocycles. The van der Waals surface area contributed by atoms with Crippen molar-refractivity contribution in [1.29, 1.82) is 0 Å². The summed E-state index contributed by atoms with van der Waals surface area (Å²) in [5.74, 6) is 2.34. The molecule has 2 saturated carbocycles. The van der Waals surface area contributed by atoms with Gasteiger partial charge in [-0.2, -0.15) is 0 Å². The third-order valence-electron chi connectivity index (χ3n) is 6.17. The highest BCUT2D eigenvalue weighted by molar-refractivity contribution is 5.82. The van der Waals surface area contributed by atoms with Gasteiger partial charge in [-0.1, -0.05) is 33.1 Å². The number of carbonyl (C=O) groups excluding carboxylic acids is 2. The number of carbonyl (C=O) groups is 2. The van der Waals surface area contributed by atoms with E-state index in [2.05, 4.69) is 0 Å². The Bertz CT molecular complexity index is 438. The average Bonchev–Trinajstić information content (AvgIpc) is 2.73. The number of nitrogens with two attached hydrogens (primary N) is 1. The molecule has 2 aliphatic carbocycles. The van der Waals surface area contributed by atoms with Crippen molar-refractivity contribution in [2.75, 3.05) is 26.4 Å². The number of hydrogen-bond acceptors (Lipinski definition) is 4. The molecule has 2 fully saturated rings. The van der Waals surface area contributed by atoms with E-state index in [-0.39, 0.29) is 11.8 Å². The number of Topliss-reactive ketones (excluding diaryl/α,β-unsaturated/α-hetero) is 1. The number of ether oxygens (including phenoxy) is 2. The van der Waals surface area contributed by atoms with Gasteiger partial charge in [-0.15, -0.1) is 0 Å². The lowest BCUT2D eigenvalue weighted by Gasteiger charge is -2.28. The van der Waals surface area contributed by atoms with E-state index in [0.717, 1.165) is 45.0 Å². The first kappa shape index (κ1) is 26.1. The molecule has 0 radical (unpaired) electrons. The molecule has 1 amide bonds. The Morgan fingerprint density at radius 1 is 0.897 bits per heavy atom. The molecule has 2 N–H and O–H groups in total. The standard InChI is InChI=1S/C14H27NO3.C10H18O/c1-2-17-10-12-5-7-13(8-6-12)11-18-9-3-4-14(15)16;1-8(2)10(11)9-6-4-3-5-7-9/h12-13H,2-11H2,1H3,(H2,15,16);8-9H,3-7H2,1-2H3. The van der Waals surface area contributed by atoms with E-state index < -0.39 is 0 Å². The third-order valence-corrected chi connectivity index (χ3v) is 6.17. The summed E-state index contributed by atoms with van der Waals surface area (Å²) < 4.78 is 11.1. The van der Waals surface area contributed by atoms with Crippen molar-refractivity contribution < 1.29 is 19.1 Å². The van der Waals surface area contributed by atoms with Crippen molar-refractivity contribution in [3.63, 3.8) is 0 Å². The molecular formula is C24H45NO4. The number of primary amides is 1. The molecule has 5 heteroatoms. The van der Waals surface area contributed by atoms with Crippen LogP contribution >= 0.6 is 0 Å². The number of hydrogen-bond donors (Lipinski definition) is 1. The first-order valence-electron chi connectivity index (χ1n) is 11.9. The van der Waals surface area contributed by atoms with Gasteiger partial charge in [-0.25, -0.2) is 0 Å². The minimum atomic E-state index is -0.241. The Labute approximate surface area is 178 Å². The molecule has 0 aromatic rings. The van der Waals surface area contributed by atoms with E-state index in [1.165, 1.54) is 44.9 Å². The fourth-order valence-electron chi connectivity index (χ4n) is 4.31. The second-order valence-corrected chi connectivity index (χ2v) is 9.08. The normalized spacial score (nSPS) is 22.8. The number of ketones is 1. The van der Waals surface area contributed by atoms with E-state index in [0.29, 0.717) is 30.6 Å². The van der Waals surface area contributed by atoms with Crippen LogP contribution in [0.3, 0.4) is 0 Å². The van der Waals surface area contributed by atoms with Gasteiger partial charge in [-0.3, -0.25) is 9.59 Å². The highest BCUT2D eigenvalue weighted by atomic mass is 16.5. The van der Waals surface area contributed by atoms with Gasteiger partial charge in [-0.05, 0) is 63.7 Å². The van der Waals surface area contributed by atoms with E-state index in [1.54, 1.807) is 0 Å². The van der Waals surface area contributed by atoms with Gasteiger partial charge in [0.1, 0.15) is 5.78 Å². The average molecular weight is 412 g/mol. The summed E-state index contributed by atoms with van der Waals surface area (Å²) in [4.78, 5) is 22.0. The summed E-state index contributed by atoms with van der Waals surface area (Å²) in [5.41, 5.74) is 5.07. The second kappa shape index (κ2) is 15.8. The maximum atomic E-state index is 11.5. The zero-order chi connectivity index (χ0) is 21.5. The largest absolute Gasteiger partial charge is 0.381 e. The molecule has 0 bridgehead atoms. The monoisotopic (exact) mass is 411 g/mol. The lowest BCUT2D eigenvalue weighted by Crippen LogP contribution is -2.22. The van der Waals surface area contributed by atoms with Gasteiger partial charge >= 0.3 is 0 Å². The Kier molecular flexibility index (Phi) is 14.3. The SMILES string of the molecule is CC(C)C(=O)C1CCCCC1.CCOCC1CCC(COCCCC(N)=O)CC1. The molecule has 0 unspecified atom stereocenters. The molecule has 2 aliphatic rings. The van der Waals surface area contributed by atoms with Crippen molar-refractivity contribution in [3.8, 4) is 0 Å². The highest BCUT2D eigenvalue weighted by Crippen LogP contribution is 2.29. The summed E-state index contributed by atoms with van der Waals surface area (Å²) in [6.07, 6.45) is 12.4. The van der Waals surface area contributed by atoms with Gasteiger partial charge in [0.15, 0.2) is 0 Å². The van der Waals surface area contributed by atoms with Crippen molar-refractivity contribution in [3.05, 3.63) is 0 Å². The molecule has 0 aliphatic heterocycles. The third kappa shape index (κ3) is 12.4. The van der Waals surface area contributed by atoms with Crippen LogP contribution in [0.2, 0.25) is 0 Å². The van der Waals surface area contributed by atoms with Gasteiger partial charge in [0, 0.05) is 44.7 Å². The van der Waals surface area contributed by atoms with Crippen molar-refractivity contribution in [1.82, 2.24) is 0 Å². The molecule has 29 heavy (non-hydrogen) atoms. The molecule has 0 spiro atoms. The van der Waals surface area contributed by atoms with Crippen molar-refractivity contribution >= 4 is 11.7 Å². The fraction of sp³-hybridized carbons (Fsp3) is 0.917. The molecule has 0 saturated heterocycles. The lowest BCUT2D eigenvalue weighted by molar-refractivity contribution is -0.126. The number of rotatable bonds is 11. The molecule has 0 aromatic heterocycles. The van der Waals surface area contributed by atoms with Crippen LogP contribution in [0.1, 0.15) is 91.4 Å². The van der Waals surface area contributed by atoms with Crippen LogP contribution in [-0.4, -0.2) is 38.1 Å². The Balaban J connectivity index is 0.000000326. The summed E-state index contributed by atoms with van der Waals surface area (Å²) in [6.45, 7) is 9.30. The predicted molar refractivity (Wildman–Crippen MR) is 118 cm³/mol. The van der Waals surface area contributed by atoms with E-state index in [9.17, 15) is 9.59 Å². The van der Waals surface area contributed by atoms with Crippen LogP contribution in [-0.2, 0) is 19.1 Å². The van der Waals surface area contributed by atoms with Gasteiger partial charge < -0.3 is 15.2 Å². The summed E-state index contributed by atoms with van der Waals surface area (Å²) in [5, 5.41) is 0. The minimum absolute atomic E-state index is 0.241. The topological polar surface area (TPSA) is 78.6 Å². The maximum absolute atomic E-state index is 11.5. The number of amides is 1. The van der Waals surface area contributed by atoms with Gasteiger partial charge in [0.2, 0.25) is 5.91 Å². The zero-order valence-corrected chi connectivity index (χ0v) is 19.1. The molecule has 2 rings (SSSR count). The predicted octanol–water partition coefficient (Wildman–Crippen LogP) is 4.90. The minimum Gasteiger partial charge on any atom is -0.381 e. The summed E-state index contributed by atoms with van der Waals surface area (Å²) >= 11 is 0. The quantitative estimate of drug-likeness (QED) is 0.490. The van der Waals surface area contributed by atoms with E-state index in [4.69, 9.17) is 15.2 Å². The van der Waals surface area contributed by atoms with Crippen LogP contribution in [0.15, 0.2) is 0 Å². The molecule has 0 atom stereocenters. The molecule has 0 aromatic carbocycles. The fourth-order valence-corrected chi connectivity index (χ4v) is 4.31. The Morgan fingerprint density at radius 3 is 1.93 bits per heavy atom. The second-order valence-electron chi connectivity index (χ2n) is 9.08. The van der Waals surface area contributed by atoms with Crippen LogP contribution in [0.25, 0.3) is 0 Å². The van der Waals surface area contributed by atoms with Crippen LogP contribution in [0.5, 0.6) is 0 Å².